The van der Waals surface area contributed by atoms with Crippen molar-refractivity contribution in [3.63, 3.8) is 0 Å². The summed E-state index contributed by atoms with van der Waals surface area (Å²) in [6.07, 6.45) is 7.25. The van der Waals surface area contributed by atoms with E-state index < -0.39 is 0 Å². The number of hydrogen-bond acceptors (Lipinski definition) is 5. The van der Waals surface area contributed by atoms with Crippen molar-refractivity contribution in [1.82, 2.24) is 19.9 Å². The predicted molar refractivity (Wildman–Crippen MR) is 117 cm³/mol. The summed E-state index contributed by atoms with van der Waals surface area (Å²) in [5, 5.41) is 0. The summed E-state index contributed by atoms with van der Waals surface area (Å²) in [5.41, 5.74) is 5.77. The van der Waals surface area contributed by atoms with E-state index >= 15 is 0 Å². The Morgan fingerprint density at radius 2 is 0.931 bits per heavy atom. The Balaban J connectivity index is 1.48. The number of thiophene rings is 1. The number of hydrogen-bond donors (Lipinski definition) is 0. The van der Waals surface area contributed by atoms with Gasteiger partial charge in [0.15, 0.2) is 0 Å². The SMILES string of the molecule is c1ccc(-c2cc(-c3ccc(-c4ccnc(-c5ccccn5)c4)s3)ccn2)nc1. The molecule has 5 heteroatoms. The van der Waals surface area contributed by atoms with E-state index in [0.29, 0.717) is 0 Å². The first-order chi connectivity index (χ1) is 14.4. The van der Waals surface area contributed by atoms with Gasteiger partial charge in [0.2, 0.25) is 0 Å². The highest BCUT2D eigenvalue weighted by atomic mass is 32.1. The lowest BCUT2D eigenvalue weighted by Crippen LogP contribution is -1.86. The number of nitrogens with zero attached hydrogens (tertiary/aromatic N) is 4. The molecule has 0 unspecified atom stereocenters. The van der Waals surface area contributed by atoms with Crippen molar-refractivity contribution in [3.05, 3.63) is 97.6 Å². The molecule has 0 atom stereocenters. The first kappa shape index (κ1) is 17.4. The van der Waals surface area contributed by atoms with Crippen LogP contribution in [0.4, 0.5) is 0 Å². The zero-order valence-corrected chi connectivity index (χ0v) is 16.3. The van der Waals surface area contributed by atoms with Crippen LogP contribution in [0.1, 0.15) is 0 Å². The minimum absolute atomic E-state index is 0.874. The van der Waals surface area contributed by atoms with Gasteiger partial charge in [0.1, 0.15) is 0 Å². The first-order valence-corrected chi connectivity index (χ1v) is 10.0. The highest BCUT2D eigenvalue weighted by Gasteiger charge is 2.09. The van der Waals surface area contributed by atoms with Gasteiger partial charge in [-0.1, -0.05) is 12.1 Å². The van der Waals surface area contributed by atoms with E-state index in [4.69, 9.17) is 0 Å². The highest BCUT2D eigenvalue weighted by Crippen LogP contribution is 2.36. The molecule has 0 radical (unpaired) electrons. The zero-order chi connectivity index (χ0) is 19.5. The molecule has 0 aliphatic rings. The van der Waals surface area contributed by atoms with Crippen LogP contribution in [0.25, 0.3) is 43.7 Å². The highest BCUT2D eigenvalue weighted by molar-refractivity contribution is 7.18. The van der Waals surface area contributed by atoms with Gasteiger partial charge >= 0.3 is 0 Å². The van der Waals surface area contributed by atoms with Crippen molar-refractivity contribution in [1.29, 1.82) is 0 Å². The van der Waals surface area contributed by atoms with Gasteiger partial charge in [-0.3, -0.25) is 19.9 Å². The fourth-order valence-electron chi connectivity index (χ4n) is 3.12. The maximum atomic E-state index is 4.47. The molecule has 0 fully saturated rings. The molecule has 5 aromatic heterocycles. The van der Waals surface area contributed by atoms with Crippen molar-refractivity contribution in [2.24, 2.45) is 0 Å². The summed E-state index contributed by atoms with van der Waals surface area (Å²) in [5.74, 6) is 0. The first-order valence-electron chi connectivity index (χ1n) is 9.22. The molecule has 0 bridgehead atoms. The normalized spacial score (nSPS) is 10.8. The van der Waals surface area contributed by atoms with E-state index in [2.05, 4.69) is 44.2 Å². The average molecular weight is 392 g/mol. The number of rotatable bonds is 4. The molecule has 5 heterocycles. The summed E-state index contributed by atoms with van der Waals surface area (Å²) in [6.45, 7) is 0. The molecule has 0 aliphatic carbocycles. The lowest BCUT2D eigenvalue weighted by atomic mass is 10.1. The largest absolute Gasteiger partial charge is 0.255 e. The van der Waals surface area contributed by atoms with E-state index in [1.165, 1.54) is 9.75 Å². The zero-order valence-electron chi connectivity index (χ0n) is 15.4. The Labute approximate surface area is 172 Å². The number of aromatic nitrogens is 4. The molecule has 29 heavy (non-hydrogen) atoms. The fourth-order valence-corrected chi connectivity index (χ4v) is 4.12. The maximum absolute atomic E-state index is 4.47. The van der Waals surface area contributed by atoms with Gasteiger partial charge in [-0.2, -0.15) is 0 Å². The van der Waals surface area contributed by atoms with E-state index in [-0.39, 0.29) is 0 Å². The van der Waals surface area contributed by atoms with Crippen molar-refractivity contribution in [2.75, 3.05) is 0 Å². The smallest absolute Gasteiger partial charge is 0.0892 e. The van der Waals surface area contributed by atoms with E-state index in [1.54, 1.807) is 23.7 Å². The molecule has 0 saturated carbocycles. The number of pyridine rings is 4. The van der Waals surface area contributed by atoms with Gasteiger partial charge in [0.25, 0.3) is 0 Å². The topological polar surface area (TPSA) is 51.6 Å². The van der Waals surface area contributed by atoms with Crippen LogP contribution in [0.2, 0.25) is 0 Å². The second kappa shape index (κ2) is 7.73. The van der Waals surface area contributed by atoms with Crippen LogP contribution in [0.5, 0.6) is 0 Å². The standard InChI is InChI=1S/C24H16N4S/c1-3-11-25-19(5-1)21-15-17(9-13-27-21)23-7-8-24(29-23)18-10-14-28-22(16-18)20-6-2-4-12-26-20/h1-16H. The summed E-state index contributed by atoms with van der Waals surface area (Å²) in [7, 11) is 0. The Hall–Kier alpha value is -3.70. The third kappa shape index (κ3) is 3.68. The summed E-state index contributed by atoms with van der Waals surface area (Å²) >= 11 is 1.75. The van der Waals surface area contributed by atoms with E-state index in [1.807, 2.05) is 60.9 Å². The fraction of sp³-hybridized carbons (Fsp3) is 0. The summed E-state index contributed by atoms with van der Waals surface area (Å²) in [6, 6.07) is 24.3. The molecule has 0 N–H and O–H groups in total. The van der Waals surface area contributed by atoms with Crippen LogP contribution < -0.4 is 0 Å². The van der Waals surface area contributed by atoms with Gasteiger partial charge < -0.3 is 0 Å². The Morgan fingerprint density at radius 1 is 0.448 bits per heavy atom. The van der Waals surface area contributed by atoms with E-state index in [9.17, 15) is 0 Å². The molecule has 0 amide bonds. The predicted octanol–water partition coefficient (Wildman–Crippen LogP) is 6.00. The third-order valence-electron chi connectivity index (χ3n) is 4.55. The van der Waals surface area contributed by atoms with Crippen molar-refractivity contribution < 1.29 is 0 Å². The third-order valence-corrected chi connectivity index (χ3v) is 5.73. The lowest BCUT2D eigenvalue weighted by molar-refractivity contribution is 1.25. The van der Waals surface area contributed by atoms with Gasteiger partial charge in [0.05, 0.1) is 22.8 Å². The maximum Gasteiger partial charge on any atom is 0.0892 e. The van der Waals surface area contributed by atoms with Gasteiger partial charge in [-0.15, -0.1) is 11.3 Å². The molecule has 0 aromatic carbocycles. The molecule has 0 saturated heterocycles. The van der Waals surface area contributed by atoms with Crippen molar-refractivity contribution >= 4 is 11.3 Å². The monoisotopic (exact) mass is 392 g/mol. The van der Waals surface area contributed by atoms with Gasteiger partial charge in [0, 0.05) is 34.5 Å². The molecule has 4 nitrogen and oxygen atoms in total. The van der Waals surface area contributed by atoms with Crippen molar-refractivity contribution in [2.45, 2.75) is 0 Å². The molecule has 5 aromatic rings. The molecule has 0 spiro atoms. The minimum atomic E-state index is 0.874. The van der Waals surface area contributed by atoms with Crippen LogP contribution in [0.15, 0.2) is 97.6 Å². The van der Waals surface area contributed by atoms with Gasteiger partial charge in [-0.05, 0) is 71.8 Å². The molecule has 0 aliphatic heterocycles. The van der Waals surface area contributed by atoms with Crippen LogP contribution in [0.3, 0.4) is 0 Å². The summed E-state index contributed by atoms with van der Waals surface area (Å²) in [4.78, 5) is 20.1. The lowest BCUT2D eigenvalue weighted by Gasteiger charge is -2.03. The van der Waals surface area contributed by atoms with Crippen LogP contribution in [-0.4, -0.2) is 19.9 Å². The van der Waals surface area contributed by atoms with Crippen LogP contribution >= 0.6 is 11.3 Å². The summed E-state index contributed by atoms with van der Waals surface area (Å²) < 4.78 is 0. The van der Waals surface area contributed by atoms with Crippen molar-refractivity contribution in [3.8, 4) is 43.7 Å². The quantitative estimate of drug-likeness (QED) is 0.377. The second-order valence-electron chi connectivity index (χ2n) is 6.45. The van der Waals surface area contributed by atoms with Crippen LogP contribution in [-0.2, 0) is 0 Å². The molecular weight excluding hydrogens is 376 g/mol. The minimum Gasteiger partial charge on any atom is -0.255 e. The van der Waals surface area contributed by atoms with E-state index in [0.717, 1.165) is 33.9 Å². The molecular formula is C24H16N4S. The Kier molecular flexibility index (Phi) is 4.64. The van der Waals surface area contributed by atoms with Gasteiger partial charge in [-0.25, -0.2) is 0 Å². The average Bonchev–Trinajstić information content (AvgIpc) is 3.31. The van der Waals surface area contributed by atoms with Crippen LogP contribution in [0, 0.1) is 0 Å². The molecule has 138 valence electrons. The Morgan fingerprint density at radius 3 is 1.38 bits per heavy atom. The second-order valence-corrected chi connectivity index (χ2v) is 7.54. The molecule has 5 rings (SSSR count). The Bertz CT molecular complexity index is 1150.